The lowest BCUT2D eigenvalue weighted by Crippen LogP contribution is -2.49. The Labute approximate surface area is 146 Å². The second-order valence-electron chi connectivity index (χ2n) is 5.51. The van der Waals surface area contributed by atoms with Crippen LogP contribution in [0.5, 0.6) is 0 Å². The van der Waals surface area contributed by atoms with Crippen molar-refractivity contribution in [1.29, 1.82) is 0 Å². The maximum Gasteiger partial charge on any atom is 0.253 e. The molecule has 1 amide bonds. The number of hydrogen-bond acceptors (Lipinski definition) is 3. The standard InChI is InChI=1S/C15H18Cl2N2O2.ClH/c16-12-4-1-10(7-13(12)17)9-19(11-2-3-11)15(20)14-8-18-5-6-21-14;/h1,4,7,11,14,18H,2-3,5-6,8-9H2;1H. The lowest BCUT2D eigenvalue weighted by molar-refractivity contribution is -0.146. The SMILES string of the molecule is Cl.O=C(C1CNCCO1)N(Cc1ccc(Cl)c(Cl)c1)C1CC1. The largest absolute Gasteiger partial charge is 0.366 e. The summed E-state index contributed by atoms with van der Waals surface area (Å²) >= 11 is 12.0. The zero-order chi connectivity index (χ0) is 14.8. The molecule has 4 nitrogen and oxygen atoms in total. The predicted octanol–water partition coefficient (Wildman–Crippen LogP) is 2.89. The third-order valence-electron chi connectivity index (χ3n) is 3.81. The van der Waals surface area contributed by atoms with Crippen LogP contribution in [0.3, 0.4) is 0 Å². The van der Waals surface area contributed by atoms with Crippen molar-refractivity contribution in [3.8, 4) is 0 Å². The average molecular weight is 366 g/mol. The molecule has 2 aliphatic rings. The fraction of sp³-hybridized carbons (Fsp3) is 0.533. The Kier molecular flexibility index (Phi) is 6.36. The minimum Gasteiger partial charge on any atom is -0.366 e. The van der Waals surface area contributed by atoms with Gasteiger partial charge in [0.25, 0.3) is 5.91 Å². The number of ether oxygens (including phenoxy) is 1. The third-order valence-corrected chi connectivity index (χ3v) is 4.55. The number of amides is 1. The Morgan fingerprint density at radius 3 is 2.68 bits per heavy atom. The molecule has 1 N–H and O–H groups in total. The van der Waals surface area contributed by atoms with Gasteiger partial charge < -0.3 is 15.0 Å². The summed E-state index contributed by atoms with van der Waals surface area (Å²) in [5, 5.41) is 4.25. The van der Waals surface area contributed by atoms with E-state index < -0.39 is 0 Å². The van der Waals surface area contributed by atoms with Crippen LogP contribution in [0, 0.1) is 0 Å². The minimum absolute atomic E-state index is 0. The first-order valence-electron chi connectivity index (χ1n) is 7.22. The van der Waals surface area contributed by atoms with Gasteiger partial charge in [0.1, 0.15) is 6.10 Å². The van der Waals surface area contributed by atoms with Gasteiger partial charge in [0.15, 0.2) is 0 Å². The molecule has 2 fully saturated rings. The van der Waals surface area contributed by atoms with E-state index in [4.69, 9.17) is 27.9 Å². The lowest BCUT2D eigenvalue weighted by atomic mass is 10.2. The highest BCUT2D eigenvalue weighted by molar-refractivity contribution is 6.42. The van der Waals surface area contributed by atoms with Crippen molar-refractivity contribution in [3.63, 3.8) is 0 Å². The molecular formula is C15H19Cl3N2O2. The molecule has 0 aromatic heterocycles. The first-order valence-corrected chi connectivity index (χ1v) is 7.97. The van der Waals surface area contributed by atoms with Crippen LogP contribution in [-0.2, 0) is 16.1 Å². The van der Waals surface area contributed by atoms with E-state index in [2.05, 4.69) is 5.32 Å². The molecular weight excluding hydrogens is 347 g/mol. The Morgan fingerprint density at radius 2 is 2.09 bits per heavy atom. The van der Waals surface area contributed by atoms with Crippen molar-refractivity contribution in [1.82, 2.24) is 10.2 Å². The van der Waals surface area contributed by atoms with Gasteiger partial charge in [-0.1, -0.05) is 29.3 Å². The van der Waals surface area contributed by atoms with Gasteiger partial charge in [-0.2, -0.15) is 0 Å². The highest BCUT2D eigenvalue weighted by Crippen LogP contribution is 2.30. The van der Waals surface area contributed by atoms with Gasteiger partial charge in [-0.3, -0.25) is 4.79 Å². The summed E-state index contributed by atoms with van der Waals surface area (Å²) in [6.45, 7) is 2.53. The van der Waals surface area contributed by atoms with Crippen LogP contribution in [0.25, 0.3) is 0 Å². The summed E-state index contributed by atoms with van der Waals surface area (Å²) in [5.41, 5.74) is 0.994. The first kappa shape index (κ1) is 17.8. The number of morpholine rings is 1. The Bertz CT molecular complexity index is 532. The number of benzene rings is 1. The van der Waals surface area contributed by atoms with Crippen LogP contribution >= 0.6 is 35.6 Å². The summed E-state index contributed by atoms with van der Waals surface area (Å²) in [6.07, 6.45) is 1.75. The van der Waals surface area contributed by atoms with Gasteiger partial charge in [-0.15, -0.1) is 12.4 Å². The van der Waals surface area contributed by atoms with E-state index in [0.717, 1.165) is 24.9 Å². The maximum atomic E-state index is 12.6. The van der Waals surface area contributed by atoms with Gasteiger partial charge in [0.05, 0.1) is 16.7 Å². The van der Waals surface area contributed by atoms with Crippen molar-refractivity contribution in [2.75, 3.05) is 19.7 Å². The predicted molar refractivity (Wildman–Crippen MR) is 89.9 cm³/mol. The molecule has 0 radical (unpaired) electrons. The summed E-state index contributed by atoms with van der Waals surface area (Å²) in [4.78, 5) is 14.6. The van der Waals surface area contributed by atoms with Crippen LogP contribution in [-0.4, -0.2) is 42.6 Å². The number of carbonyl (C=O) groups is 1. The Balaban J connectivity index is 0.00000176. The molecule has 1 aromatic carbocycles. The molecule has 7 heteroatoms. The van der Waals surface area contributed by atoms with Crippen LogP contribution in [0.4, 0.5) is 0 Å². The van der Waals surface area contributed by atoms with Gasteiger partial charge in [0, 0.05) is 25.7 Å². The van der Waals surface area contributed by atoms with Gasteiger partial charge >= 0.3 is 0 Å². The van der Waals surface area contributed by atoms with Gasteiger partial charge in [0.2, 0.25) is 0 Å². The number of nitrogens with one attached hydrogen (secondary N) is 1. The molecule has 1 atom stereocenters. The van der Waals surface area contributed by atoms with Gasteiger partial charge in [-0.25, -0.2) is 0 Å². The van der Waals surface area contributed by atoms with Crippen LogP contribution in [0.15, 0.2) is 18.2 Å². The lowest BCUT2D eigenvalue weighted by Gasteiger charge is -2.30. The molecule has 1 aliphatic carbocycles. The molecule has 1 aromatic rings. The number of hydrogen-bond donors (Lipinski definition) is 1. The van der Waals surface area contributed by atoms with E-state index in [1.54, 1.807) is 6.07 Å². The molecule has 0 spiro atoms. The van der Waals surface area contributed by atoms with Crippen molar-refractivity contribution in [2.24, 2.45) is 0 Å². The summed E-state index contributed by atoms with van der Waals surface area (Å²) in [6, 6.07) is 5.84. The highest BCUT2D eigenvalue weighted by Gasteiger charge is 2.36. The molecule has 1 heterocycles. The van der Waals surface area contributed by atoms with Crippen LogP contribution in [0.2, 0.25) is 10.0 Å². The van der Waals surface area contributed by atoms with E-state index in [-0.39, 0.29) is 24.4 Å². The first-order chi connectivity index (χ1) is 10.1. The number of carbonyl (C=O) groups excluding carboxylic acids is 1. The van der Waals surface area contributed by atoms with Crippen molar-refractivity contribution >= 4 is 41.5 Å². The fourth-order valence-electron chi connectivity index (χ4n) is 2.52. The highest BCUT2D eigenvalue weighted by atomic mass is 35.5. The molecule has 1 aliphatic heterocycles. The van der Waals surface area contributed by atoms with E-state index in [9.17, 15) is 4.79 Å². The monoisotopic (exact) mass is 364 g/mol. The topological polar surface area (TPSA) is 41.6 Å². The maximum absolute atomic E-state index is 12.6. The number of rotatable bonds is 4. The quantitative estimate of drug-likeness (QED) is 0.892. The smallest absolute Gasteiger partial charge is 0.253 e. The van der Waals surface area contributed by atoms with Gasteiger partial charge in [-0.05, 0) is 30.5 Å². The summed E-state index contributed by atoms with van der Waals surface area (Å²) in [5.74, 6) is 0.0655. The average Bonchev–Trinajstić information content (AvgIpc) is 3.33. The summed E-state index contributed by atoms with van der Waals surface area (Å²) in [7, 11) is 0. The molecule has 1 saturated carbocycles. The zero-order valence-corrected chi connectivity index (χ0v) is 14.4. The zero-order valence-electron chi connectivity index (χ0n) is 12.1. The Hall–Kier alpha value is -0.520. The normalized spacial score (nSPS) is 21.1. The van der Waals surface area contributed by atoms with E-state index in [0.29, 0.717) is 35.8 Å². The third kappa shape index (κ3) is 4.27. The molecule has 122 valence electrons. The van der Waals surface area contributed by atoms with Crippen LogP contribution in [0.1, 0.15) is 18.4 Å². The second kappa shape index (κ2) is 7.84. The Morgan fingerprint density at radius 1 is 1.32 bits per heavy atom. The molecule has 1 unspecified atom stereocenters. The molecule has 0 bridgehead atoms. The van der Waals surface area contributed by atoms with E-state index in [1.807, 2.05) is 17.0 Å². The molecule has 1 saturated heterocycles. The van der Waals surface area contributed by atoms with Crippen molar-refractivity contribution < 1.29 is 9.53 Å². The van der Waals surface area contributed by atoms with Crippen molar-refractivity contribution in [2.45, 2.75) is 31.5 Å². The fourth-order valence-corrected chi connectivity index (χ4v) is 2.84. The summed E-state index contributed by atoms with van der Waals surface area (Å²) < 4.78 is 5.58. The minimum atomic E-state index is -0.373. The number of halogens is 3. The van der Waals surface area contributed by atoms with Crippen molar-refractivity contribution in [3.05, 3.63) is 33.8 Å². The second-order valence-corrected chi connectivity index (χ2v) is 6.32. The van der Waals surface area contributed by atoms with Crippen LogP contribution < -0.4 is 5.32 Å². The molecule has 22 heavy (non-hydrogen) atoms. The molecule has 3 rings (SSSR count). The number of nitrogens with zero attached hydrogens (tertiary/aromatic N) is 1. The van der Waals surface area contributed by atoms with E-state index >= 15 is 0 Å². The van der Waals surface area contributed by atoms with E-state index in [1.165, 1.54) is 0 Å².